The molecule has 1 aromatic carbocycles. The van der Waals surface area contributed by atoms with Crippen molar-refractivity contribution < 1.29 is 5.11 Å². The molecule has 3 heteroatoms. The SMILES string of the molecule is CCN1CCCC(O)(C2(CN)CCc3ccccc32)CC1. The number of hydrogen-bond acceptors (Lipinski definition) is 3. The predicted molar refractivity (Wildman–Crippen MR) is 86.4 cm³/mol. The fourth-order valence-electron chi connectivity index (χ4n) is 4.54. The average molecular weight is 288 g/mol. The van der Waals surface area contributed by atoms with Crippen LogP contribution in [0.25, 0.3) is 0 Å². The zero-order chi connectivity index (χ0) is 14.9. The summed E-state index contributed by atoms with van der Waals surface area (Å²) in [7, 11) is 0. The Morgan fingerprint density at radius 3 is 2.76 bits per heavy atom. The van der Waals surface area contributed by atoms with E-state index < -0.39 is 5.60 Å². The van der Waals surface area contributed by atoms with Crippen LogP contribution in [0.1, 0.15) is 43.7 Å². The first-order valence-corrected chi connectivity index (χ1v) is 8.38. The zero-order valence-electron chi connectivity index (χ0n) is 13.1. The molecule has 2 unspecified atom stereocenters. The van der Waals surface area contributed by atoms with Crippen LogP contribution >= 0.6 is 0 Å². The highest BCUT2D eigenvalue weighted by Crippen LogP contribution is 2.49. The van der Waals surface area contributed by atoms with E-state index in [0.29, 0.717) is 6.54 Å². The maximum atomic E-state index is 11.6. The van der Waals surface area contributed by atoms with Crippen LogP contribution in [0.15, 0.2) is 24.3 Å². The summed E-state index contributed by atoms with van der Waals surface area (Å²) in [5, 5.41) is 11.6. The first-order chi connectivity index (χ1) is 10.1. The first kappa shape index (κ1) is 15.0. The third-order valence-electron chi connectivity index (χ3n) is 5.95. The van der Waals surface area contributed by atoms with Crippen molar-refractivity contribution in [1.29, 1.82) is 0 Å². The van der Waals surface area contributed by atoms with Gasteiger partial charge >= 0.3 is 0 Å². The highest BCUT2D eigenvalue weighted by atomic mass is 16.3. The standard InChI is InChI=1S/C18H28N2O/c1-2-20-12-5-9-18(21,11-13-20)17(14-19)10-8-15-6-3-4-7-16(15)17/h3-4,6-7,21H,2,5,8-14,19H2,1H3. The van der Waals surface area contributed by atoms with Gasteiger partial charge in [-0.25, -0.2) is 0 Å². The molecule has 0 amide bonds. The summed E-state index contributed by atoms with van der Waals surface area (Å²) in [6.07, 6.45) is 4.81. The molecule has 0 aromatic heterocycles. The monoisotopic (exact) mass is 288 g/mol. The second-order valence-electron chi connectivity index (χ2n) is 6.76. The second kappa shape index (κ2) is 5.71. The first-order valence-electron chi connectivity index (χ1n) is 8.38. The van der Waals surface area contributed by atoms with Crippen molar-refractivity contribution in [3.8, 4) is 0 Å². The van der Waals surface area contributed by atoms with Gasteiger partial charge in [-0.3, -0.25) is 0 Å². The fraction of sp³-hybridized carbons (Fsp3) is 0.667. The van der Waals surface area contributed by atoms with E-state index in [1.54, 1.807) is 0 Å². The molecule has 1 saturated heterocycles. The van der Waals surface area contributed by atoms with E-state index in [4.69, 9.17) is 5.73 Å². The highest BCUT2D eigenvalue weighted by Gasteiger charge is 2.53. The fourth-order valence-corrected chi connectivity index (χ4v) is 4.54. The van der Waals surface area contributed by atoms with Gasteiger partial charge in [-0.05, 0) is 56.3 Å². The Bertz CT molecular complexity index is 504. The molecule has 3 N–H and O–H groups in total. The number of hydrogen-bond donors (Lipinski definition) is 2. The maximum absolute atomic E-state index is 11.6. The van der Waals surface area contributed by atoms with Crippen molar-refractivity contribution in [1.82, 2.24) is 4.90 Å². The summed E-state index contributed by atoms with van der Waals surface area (Å²) < 4.78 is 0. The molecule has 1 aromatic rings. The minimum absolute atomic E-state index is 0.243. The van der Waals surface area contributed by atoms with E-state index in [1.165, 1.54) is 11.1 Å². The van der Waals surface area contributed by atoms with Gasteiger partial charge in [-0.1, -0.05) is 31.2 Å². The van der Waals surface area contributed by atoms with Crippen LogP contribution in [0.5, 0.6) is 0 Å². The van der Waals surface area contributed by atoms with Crippen molar-refractivity contribution in [2.45, 2.75) is 50.0 Å². The summed E-state index contributed by atoms with van der Waals surface area (Å²) in [6, 6.07) is 8.58. The quantitative estimate of drug-likeness (QED) is 0.895. The number of nitrogens with zero attached hydrogens (tertiary/aromatic N) is 1. The third kappa shape index (κ3) is 2.32. The minimum Gasteiger partial charge on any atom is -0.389 e. The van der Waals surface area contributed by atoms with Crippen molar-refractivity contribution in [3.63, 3.8) is 0 Å². The Hall–Kier alpha value is -0.900. The molecule has 2 atom stereocenters. The van der Waals surface area contributed by atoms with Crippen molar-refractivity contribution >= 4 is 0 Å². The molecule has 1 aliphatic heterocycles. The number of nitrogens with two attached hydrogens (primary N) is 1. The van der Waals surface area contributed by atoms with E-state index in [9.17, 15) is 5.11 Å². The molecule has 1 aliphatic carbocycles. The topological polar surface area (TPSA) is 49.5 Å². The summed E-state index contributed by atoms with van der Waals surface area (Å²) in [5.41, 5.74) is 8.03. The number of fused-ring (bicyclic) bond motifs is 1. The number of benzene rings is 1. The van der Waals surface area contributed by atoms with E-state index in [0.717, 1.165) is 51.7 Å². The number of rotatable bonds is 3. The lowest BCUT2D eigenvalue weighted by atomic mass is 9.64. The van der Waals surface area contributed by atoms with Crippen LogP contribution in [0, 0.1) is 0 Å². The van der Waals surface area contributed by atoms with Crippen molar-refractivity contribution in [3.05, 3.63) is 35.4 Å². The molecule has 1 heterocycles. The van der Waals surface area contributed by atoms with E-state index in [-0.39, 0.29) is 5.41 Å². The predicted octanol–water partition coefficient (Wildman–Crippen LogP) is 2.07. The molecular formula is C18H28N2O. The molecule has 3 nitrogen and oxygen atoms in total. The normalized spacial score (nSPS) is 33.7. The molecule has 2 aliphatic rings. The van der Waals surface area contributed by atoms with Crippen molar-refractivity contribution in [2.75, 3.05) is 26.2 Å². The lowest BCUT2D eigenvalue weighted by molar-refractivity contribution is -0.0489. The molecule has 21 heavy (non-hydrogen) atoms. The highest BCUT2D eigenvalue weighted by molar-refractivity contribution is 5.43. The number of likely N-dealkylation sites (tertiary alicyclic amines) is 1. The minimum atomic E-state index is -0.654. The maximum Gasteiger partial charge on any atom is 0.0768 e. The molecule has 0 saturated carbocycles. The molecule has 0 bridgehead atoms. The van der Waals surface area contributed by atoms with Gasteiger partial charge < -0.3 is 15.7 Å². The summed E-state index contributed by atoms with van der Waals surface area (Å²) >= 11 is 0. The Balaban J connectivity index is 1.96. The Labute approximate surface area is 128 Å². The van der Waals surface area contributed by atoms with Crippen LogP contribution in [-0.4, -0.2) is 41.8 Å². The second-order valence-corrected chi connectivity index (χ2v) is 6.76. The lowest BCUT2D eigenvalue weighted by Crippen LogP contribution is -2.55. The number of aryl methyl sites for hydroxylation is 1. The average Bonchev–Trinajstić information content (AvgIpc) is 2.80. The lowest BCUT2D eigenvalue weighted by Gasteiger charge is -2.45. The van der Waals surface area contributed by atoms with Gasteiger partial charge in [0.25, 0.3) is 0 Å². The smallest absolute Gasteiger partial charge is 0.0768 e. The zero-order valence-corrected chi connectivity index (χ0v) is 13.1. The van der Waals surface area contributed by atoms with E-state index in [1.807, 2.05) is 0 Å². The van der Waals surface area contributed by atoms with Gasteiger partial charge in [0.1, 0.15) is 0 Å². The Morgan fingerprint density at radius 1 is 1.19 bits per heavy atom. The van der Waals surface area contributed by atoms with Gasteiger partial charge in [0, 0.05) is 18.5 Å². The molecule has 0 radical (unpaired) electrons. The third-order valence-corrected chi connectivity index (χ3v) is 5.95. The van der Waals surface area contributed by atoms with Gasteiger partial charge in [-0.2, -0.15) is 0 Å². The van der Waals surface area contributed by atoms with Crippen LogP contribution in [0.2, 0.25) is 0 Å². The Kier molecular flexibility index (Phi) is 4.08. The van der Waals surface area contributed by atoms with Crippen LogP contribution < -0.4 is 5.73 Å². The summed E-state index contributed by atoms with van der Waals surface area (Å²) in [5.74, 6) is 0. The van der Waals surface area contributed by atoms with Gasteiger partial charge in [0.15, 0.2) is 0 Å². The summed E-state index contributed by atoms with van der Waals surface area (Å²) in [6.45, 7) is 5.90. The van der Waals surface area contributed by atoms with Crippen LogP contribution in [0.4, 0.5) is 0 Å². The van der Waals surface area contributed by atoms with Crippen molar-refractivity contribution in [2.24, 2.45) is 5.73 Å². The van der Waals surface area contributed by atoms with Gasteiger partial charge in [0.05, 0.1) is 5.60 Å². The van der Waals surface area contributed by atoms with E-state index in [2.05, 4.69) is 36.1 Å². The molecule has 116 valence electrons. The molecule has 3 rings (SSSR count). The van der Waals surface area contributed by atoms with Gasteiger partial charge in [-0.15, -0.1) is 0 Å². The molecule has 0 spiro atoms. The molecular weight excluding hydrogens is 260 g/mol. The summed E-state index contributed by atoms with van der Waals surface area (Å²) in [4.78, 5) is 2.45. The van der Waals surface area contributed by atoms with Crippen LogP contribution in [0.3, 0.4) is 0 Å². The number of aliphatic hydroxyl groups is 1. The van der Waals surface area contributed by atoms with Gasteiger partial charge in [0.2, 0.25) is 0 Å². The molecule has 1 fully saturated rings. The van der Waals surface area contributed by atoms with E-state index >= 15 is 0 Å². The Morgan fingerprint density at radius 2 is 2.00 bits per heavy atom. The van der Waals surface area contributed by atoms with Crippen LogP contribution in [-0.2, 0) is 11.8 Å². The largest absolute Gasteiger partial charge is 0.389 e.